The molecule has 0 aliphatic carbocycles. The minimum atomic E-state index is -1.42. The number of carbonyl (C=O) groups excluding carboxylic acids is 1. The van der Waals surface area contributed by atoms with Gasteiger partial charge in [0.15, 0.2) is 0 Å². The summed E-state index contributed by atoms with van der Waals surface area (Å²) in [6, 6.07) is 11.0. The summed E-state index contributed by atoms with van der Waals surface area (Å²) in [5, 5.41) is 0. The van der Waals surface area contributed by atoms with Crippen LogP contribution in [0.15, 0.2) is 42.6 Å². The summed E-state index contributed by atoms with van der Waals surface area (Å²) in [7, 11) is 0. The van der Waals surface area contributed by atoms with Crippen LogP contribution in [0.3, 0.4) is 0 Å². The lowest BCUT2D eigenvalue weighted by Crippen LogP contribution is -2.53. The lowest BCUT2D eigenvalue weighted by atomic mass is 9.85. The van der Waals surface area contributed by atoms with Gasteiger partial charge < -0.3 is 19.1 Å². The minimum Gasteiger partial charge on any atom is -0.490 e. The van der Waals surface area contributed by atoms with Crippen LogP contribution in [0.4, 0.5) is 4.39 Å². The molecule has 2 aromatic rings. The van der Waals surface area contributed by atoms with Crippen LogP contribution in [-0.4, -0.2) is 54.1 Å². The number of ether oxygens (including phenoxy) is 3. The van der Waals surface area contributed by atoms with E-state index in [1.807, 2.05) is 25.1 Å². The fraction of sp³-hybridized carbons (Fsp3) is 0.478. The van der Waals surface area contributed by atoms with Gasteiger partial charge in [-0.25, -0.2) is 4.39 Å². The molecule has 4 rings (SSSR count). The van der Waals surface area contributed by atoms with Gasteiger partial charge in [-0.3, -0.25) is 9.78 Å². The molecular formula is C23H27FN2O4. The van der Waals surface area contributed by atoms with Gasteiger partial charge in [0.25, 0.3) is 5.91 Å². The summed E-state index contributed by atoms with van der Waals surface area (Å²) >= 11 is 0. The summed E-state index contributed by atoms with van der Waals surface area (Å²) < 4.78 is 31.1. The Hall–Kier alpha value is -2.51. The number of nitrogens with zero attached hydrogens (tertiary/aromatic N) is 2. The highest BCUT2D eigenvalue weighted by Gasteiger charge is 2.52. The lowest BCUT2D eigenvalue weighted by molar-refractivity contribution is -0.0470. The third-order valence-corrected chi connectivity index (χ3v) is 5.62. The van der Waals surface area contributed by atoms with Gasteiger partial charge in [0.05, 0.1) is 12.2 Å². The van der Waals surface area contributed by atoms with E-state index in [9.17, 15) is 9.18 Å². The maximum Gasteiger partial charge on any atom is 0.253 e. The Morgan fingerprint density at radius 1 is 1.37 bits per heavy atom. The molecule has 7 heteroatoms. The molecule has 6 nitrogen and oxygen atoms in total. The molecule has 0 N–H and O–H groups in total. The van der Waals surface area contributed by atoms with Gasteiger partial charge in [0.2, 0.25) is 0 Å². The fourth-order valence-electron chi connectivity index (χ4n) is 4.02. The van der Waals surface area contributed by atoms with Crippen LogP contribution in [-0.2, 0) is 15.1 Å². The van der Waals surface area contributed by atoms with Crippen molar-refractivity contribution in [1.29, 1.82) is 0 Å². The van der Waals surface area contributed by atoms with Crippen LogP contribution in [0.1, 0.15) is 41.9 Å². The Morgan fingerprint density at radius 2 is 2.20 bits per heavy atom. The first-order valence-corrected chi connectivity index (χ1v) is 10.2. The number of carbonyl (C=O) groups is 1. The number of hydrogen-bond donors (Lipinski definition) is 0. The molecule has 0 radical (unpaired) electrons. The summed E-state index contributed by atoms with van der Waals surface area (Å²) in [6.45, 7) is 5.92. The normalized spacial score (nSPS) is 23.9. The zero-order valence-corrected chi connectivity index (χ0v) is 17.6. The Bertz CT molecular complexity index is 915. The van der Waals surface area contributed by atoms with Crippen LogP contribution < -0.4 is 4.74 Å². The van der Waals surface area contributed by atoms with Crippen molar-refractivity contribution in [2.24, 2.45) is 0 Å². The topological polar surface area (TPSA) is 60.9 Å². The Balaban J connectivity index is 1.47. The standard InChI is InChI=1S/C23H27FN2O4/c1-16-12-17(7-8-18(16)28-14-22(2,3)24)21(27)26-11-9-23(19-6-4-5-10-25-19)20(13-26)29-15-30-23/h4-8,10,12,20H,9,11,13-15H2,1-3H3/t20-,23-/m1/s1. The third kappa shape index (κ3) is 4.04. The van der Waals surface area contributed by atoms with E-state index in [1.165, 1.54) is 13.8 Å². The van der Waals surface area contributed by atoms with Gasteiger partial charge in [0.1, 0.15) is 36.5 Å². The van der Waals surface area contributed by atoms with E-state index in [2.05, 4.69) is 4.98 Å². The number of fused-ring (bicyclic) bond motifs is 1. The number of alkyl halides is 1. The zero-order chi connectivity index (χ0) is 21.4. The third-order valence-electron chi connectivity index (χ3n) is 5.62. The zero-order valence-electron chi connectivity index (χ0n) is 17.6. The molecule has 0 unspecified atom stereocenters. The number of aryl methyl sites for hydroxylation is 1. The van der Waals surface area contributed by atoms with Crippen LogP contribution in [0.25, 0.3) is 0 Å². The van der Waals surface area contributed by atoms with Crippen molar-refractivity contribution < 1.29 is 23.4 Å². The van der Waals surface area contributed by atoms with E-state index in [-0.39, 0.29) is 25.4 Å². The van der Waals surface area contributed by atoms with Crippen molar-refractivity contribution in [2.75, 3.05) is 26.5 Å². The first-order chi connectivity index (χ1) is 14.3. The van der Waals surface area contributed by atoms with E-state index in [4.69, 9.17) is 14.2 Å². The molecule has 160 valence electrons. The van der Waals surface area contributed by atoms with E-state index >= 15 is 0 Å². The number of hydrogen-bond acceptors (Lipinski definition) is 5. The maximum atomic E-state index is 13.7. The van der Waals surface area contributed by atoms with Crippen molar-refractivity contribution in [3.05, 3.63) is 59.4 Å². The van der Waals surface area contributed by atoms with Gasteiger partial charge in [-0.05, 0) is 56.7 Å². The van der Waals surface area contributed by atoms with Crippen molar-refractivity contribution in [2.45, 2.75) is 44.6 Å². The highest BCUT2D eigenvalue weighted by molar-refractivity contribution is 5.94. The number of benzene rings is 1. The SMILES string of the molecule is Cc1cc(C(=O)N2CC[C@]3(c4ccccn4)OCO[C@@H]3C2)ccc1OCC(C)(C)F. The van der Waals surface area contributed by atoms with Crippen LogP contribution in [0, 0.1) is 6.92 Å². The Morgan fingerprint density at radius 3 is 2.90 bits per heavy atom. The molecule has 2 fully saturated rings. The average Bonchev–Trinajstić information content (AvgIpc) is 3.16. The molecular weight excluding hydrogens is 387 g/mol. The van der Waals surface area contributed by atoms with Gasteiger partial charge in [0, 0.05) is 24.7 Å². The predicted octanol–water partition coefficient (Wildman–Crippen LogP) is 3.63. The van der Waals surface area contributed by atoms with Crippen molar-refractivity contribution in [1.82, 2.24) is 9.88 Å². The first-order valence-electron chi connectivity index (χ1n) is 10.2. The van der Waals surface area contributed by atoms with Crippen LogP contribution in [0.5, 0.6) is 5.75 Å². The quantitative estimate of drug-likeness (QED) is 0.748. The minimum absolute atomic E-state index is 0.0398. The molecule has 2 saturated heterocycles. The molecule has 1 aromatic carbocycles. The first kappa shape index (κ1) is 20.8. The smallest absolute Gasteiger partial charge is 0.253 e. The van der Waals surface area contributed by atoms with Gasteiger partial charge >= 0.3 is 0 Å². The molecule has 2 aliphatic rings. The average molecular weight is 414 g/mol. The Kier molecular flexibility index (Phi) is 5.51. The second kappa shape index (κ2) is 7.96. The maximum absolute atomic E-state index is 13.7. The van der Waals surface area contributed by atoms with E-state index < -0.39 is 11.3 Å². The number of rotatable bonds is 5. The second-order valence-corrected chi connectivity index (χ2v) is 8.51. The predicted molar refractivity (Wildman–Crippen MR) is 109 cm³/mol. The number of aromatic nitrogens is 1. The molecule has 3 heterocycles. The molecule has 1 amide bonds. The summed E-state index contributed by atoms with van der Waals surface area (Å²) in [5.74, 6) is 0.512. The van der Waals surface area contributed by atoms with E-state index in [0.29, 0.717) is 30.8 Å². The molecule has 0 spiro atoms. The largest absolute Gasteiger partial charge is 0.490 e. The Labute approximate surface area is 176 Å². The van der Waals surface area contributed by atoms with Gasteiger partial charge in [-0.15, -0.1) is 0 Å². The van der Waals surface area contributed by atoms with Crippen LogP contribution in [0.2, 0.25) is 0 Å². The molecule has 0 saturated carbocycles. The molecule has 2 aliphatic heterocycles. The number of pyridine rings is 1. The van der Waals surface area contributed by atoms with Crippen molar-refractivity contribution in [3.8, 4) is 5.75 Å². The summed E-state index contributed by atoms with van der Waals surface area (Å²) in [5.41, 5.74) is 0.185. The number of piperidine rings is 1. The van der Waals surface area contributed by atoms with Gasteiger partial charge in [-0.2, -0.15) is 0 Å². The molecule has 2 atom stereocenters. The monoisotopic (exact) mass is 414 g/mol. The second-order valence-electron chi connectivity index (χ2n) is 8.51. The number of halogens is 1. The number of likely N-dealkylation sites (tertiary alicyclic amines) is 1. The molecule has 0 bridgehead atoms. The fourth-order valence-corrected chi connectivity index (χ4v) is 4.02. The van der Waals surface area contributed by atoms with E-state index in [1.54, 1.807) is 29.3 Å². The highest BCUT2D eigenvalue weighted by atomic mass is 19.1. The molecule has 1 aromatic heterocycles. The summed E-state index contributed by atoms with van der Waals surface area (Å²) in [6.07, 6.45) is 2.10. The summed E-state index contributed by atoms with van der Waals surface area (Å²) in [4.78, 5) is 19.4. The van der Waals surface area contributed by atoms with E-state index in [0.717, 1.165) is 11.3 Å². The van der Waals surface area contributed by atoms with Crippen molar-refractivity contribution >= 4 is 5.91 Å². The molecule has 30 heavy (non-hydrogen) atoms. The van der Waals surface area contributed by atoms with Crippen molar-refractivity contribution in [3.63, 3.8) is 0 Å². The lowest BCUT2D eigenvalue weighted by Gasteiger charge is -2.41. The van der Waals surface area contributed by atoms with Gasteiger partial charge in [-0.1, -0.05) is 6.07 Å². The van der Waals surface area contributed by atoms with Crippen LogP contribution >= 0.6 is 0 Å². The highest BCUT2D eigenvalue weighted by Crippen LogP contribution is 2.41. The number of amides is 1.